The van der Waals surface area contributed by atoms with Crippen molar-refractivity contribution in [3.63, 3.8) is 0 Å². The van der Waals surface area contributed by atoms with Crippen molar-refractivity contribution in [1.82, 2.24) is 9.21 Å². The van der Waals surface area contributed by atoms with E-state index in [1.807, 2.05) is 24.0 Å². The van der Waals surface area contributed by atoms with Gasteiger partial charge in [0.1, 0.15) is 6.04 Å². The third-order valence-corrected chi connectivity index (χ3v) is 7.21. The van der Waals surface area contributed by atoms with Gasteiger partial charge in [0.25, 0.3) is 0 Å². The lowest BCUT2D eigenvalue weighted by Crippen LogP contribution is -2.53. The van der Waals surface area contributed by atoms with Crippen LogP contribution in [0.3, 0.4) is 0 Å². The fourth-order valence-electron chi connectivity index (χ4n) is 3.79. The van der Waals surface area contributed by atoms with Crippen LogP contribution in [-0.4, -0.2) is 49.2 Å². The molecule has 0 radical (unpaired) electrons. The number of piperidine rings is 1. The van der Waals surface area contributed by atoms with Crippen molar-refractivity contribution in [2.24, 2.45) is 0 Å². The van der Waals surface area contributed by atoms with E-state index >= 15 is 0 Å². The highest BCUT2D eigenvalue weighted by Crippen LogP contribution is 2.27. The van der Waals surface area contributed by atoms with Crippen LogP contribution in [0.2, 0.25) is 0 Å². The predicted molar refractivity (Wildman–Crippen MR) is 97.8 cm³/mol. The summed E-state index contributed by atoms with van der Waals surface area (Å²) >= 11 is 0. The highest BCUT2D eigenvalue weighted by molar-refractivity contribution is 7.89. The summed E-state index contributed by atoms with van der Waals surface area (Å²) in [4.78, 5) is 15.2. The first-order chi connectivity index (χ1) is 12.0. The number of aryl methyl sites for hydroxylation is 1. The third-order valence-electron chi connectivity index (χ3n) is 5.28. The lowest BCUT2D eigenvalue weighted by Gasteiger charge is -2.36. The Labute approximate surface area is 151 Å². The molecule has 0 unspecified atom stereocenters. The zero-order valence-electron chi connectivity index (χ0n) is 15.0. The fraction of sp³-hybridized carbons (Fsp3) is 0.632. The molecule has 0 aliphatic carbocycles. The van der Waals surface area contributed by atoms with E-state index in [9.17, 15) is 13.2 Å². The van der Waals surface area contributed by atoms with E-state index in [0.29, 0.717) is 13.0 Å². The Hall–Kier alpha value is -1.40. The predicted octanol–water partition coefficient (Wildman–Crippen LogP) is 2.94. The molecule has 25 heavy (non-hydrogen) atoms. The maximum Gasteiger partial charge on any atom is 0.243 e. The Morgan fingerprint density at radius 3 is 2.16 bits per heavy atom. The van der Waals surface area contributed by atoms with Crippen LogP contribution >= 0.6 is 0 Å². The van der Waals surface area contributed by atoms with Gasteiger partial charge in [0.05, 0.1) is 4.90 Å². The molecule has 1 aromatic rings. The van der Waals surface area contributed by atoms with Gasteiger partial charge in [0, 0.05) is 19.6 Å². The lowest BCUT2D eigenvalue weighted by molar-refractivity contribution is -0.136. The van der Waals surface area contributed by atoms with Crippen LogP contribution in [-0.2, 0) is 14.8 Å². The van der Waals surface area contributed by atoms with Gasteiger partial charge in [-0.05, 0) is 44.7 Å². The Morgan fingerprint density at radius 2 is 1.52 bits per heavy atom. The van der Waals surface area contributed by atoms with E-state index < -0.39 is 16.1 Å². The summed E-state index contributed by atoms with van der Waals surface area (Å²) in [6.45, 7) is 3.88. The molecule has 2 aliphatic rings. The van der Waals surface area contributed by atoms with Crippen molar-refractivity contribution in [2.75, 3.05) is 19.6 Å². The molecule has 0 N–H and O–H groups in total. The highest BCUT2D eigenvalue weighted by Gasteiger charge is 2.39. The van der Waals surface area contributed by atoms with Crippen molar-refractivity contribution in [2.45, 2.75) is 62.8 Å². The molecule has 138 valence electrons. The van der Waals surface area contributed by atoms with Gasteiger partial charge in [-0.15, -0.1) is 0 Å². The third kappa shape index (κ3) is 4.06. The van der Waals surface area contributed by atoms with E-state index in [1.165, 1.54) is 4.31 Å². The number of likely N-dealkylation sites (tertiary alicyclic amines) is 1. The number of carbonyl (C=O) groups excluding carboxylic acids is 1. The maximum absolute atomic E-state index is 13.1. The number of carbonyl (C=O) groups is 1. The van der Waals surface area contributed by atoms with Gasteiger partial charge in [-0.1, -0.05) is 37.0 Å². The van der Waals surface area contributed by atoms with E-state index in [1.54, 1.807) is 12.1 Å². The minimum Gasteiger partial charge on any atom is -0.341 e. The largest absolute Gasteiger partial charge is 0.341 e. The lowest BCUT2D eigenvalue weighted by atomic mass is 10.0. The Morgan fingerprint density at radius 1 is 0.920 bits per heavy atom. The Balaban J connectivity index is 1.84. The number of nitrogens with zero attached hydrogens (tertiary/aromatic N) is 2. The van der Waals surface area contributed by atoms with Crippen molar-refractivity contribution in [3.8, 4) is 0 Å². The van der Waals surface area contributed by atoms with E-state index in [-0.39, 0.29) is 10.8 Å². The molecule has 3 rings (SSSR count). The summed E-state index contributed by atoms with van der Waals surface area (Å²) in [5, 5.41) is 0. The second-order valence-electron chi connectivity index (χ2n) is 7.18. The number of sulfonamides is 1. The van der Waals surface area contributed by atoms with Crippen molar-refractivity contribution >= 4 is 15.9 Å². The smallest absolute Gasteiger partial charge is 0.243 e. The minimum atomic E-state index is -3.63. The summed E-state index contributed by atoms with van der Waals surface area (Å²) in [5.41, 5.74) is 1.02. The second kappa shape index (κ2) is 7.87. The SMILES string of the molecule is Cc1ccc(S(=O)(=O)N2CCCC[C@H]2C(=O)N2CCCCCC2)cc1. The van der Waals surface area contributed by atoms with Gasteiger partial charge in [-0.2, -0.15) is 4.31 Å². The molecular weight excluding hydrogens is 336 g/mol. The maximum atomic E-state index is 13.1. The number of hydrogen-bond donors (Lipinski definition) is 0. The van der Waals surface area contributed by atoms with Gasteiger partial charge >= 0.3 is 0 Å². The Bertz CT molecular complexity index is 692. The molecule has 1 amide bonds. The molecule has 6 heteroatoms. The first kappa shape index (κ1) is 18.4. The van der Waals surface area contributed by atoms with E-state index in [0.717, 1.165) is 57.2 Å². The van der Waals surface area contributed by atoms with Crippen molar-refractivity contribution in [3.05, 3.63) is 29.8 Å². The molecule has 0 spiro atoms. The summed E-state index contributed by atoms with van der Waals surface area (Å²) in [6.07, 6.45) is 6.69. The highest BCUT2D eigenvalue weighted by atomic mass is 32.2. The van der Waals surface area contributed by atoms with Gasteiger partial charge < -0.3 is 4.90 Å². The van der Waals surface area contributed by atoms with Crippen LogP contribution in [0.15, 0.2) is 29.2 Å². The van der Waals surface area contributed by atoms with Crippen molar-refractivity contribution in [1.29, 1.82) is 0 Å². The first-order valence-corrected chi connectivity index (χ1v) is 10.8. The van der Waals surface area contributed by atoms with Crippen LogP contribution in [0.5, 0.6) is 0 Å². The standard InChI is InChI=1S/C19H28N2O3S/c1-16-9-11-17(12-10-16)25(23,24)21-15-7-4-8-18(21)19(22)20-13-5-2-3-6-14-20/h9-12,18H,2-8,13-15H2,1H3/t18-/m0/s1. The molecule has 0 bridgehead atoms. The van der Waals surface area contributed by atoms with Crippen molar-refractivity contribution < 1.29 is 13.2 Å². The zero-order chi connectivity index (χ0) is 17.9. The molecular formula is C19H28N2O3S. The number of amides is 1. The second-order valence-corrected chi connectivity index (χ2v) is 9.07. The van der Waals surface area contributed by atoms with Gasteiger partial charge in [-0.25, -0.2) is 8.42 Å². The minimum absolute atomic E-state index is 0.00251. The summed E-state index contributed by atoms with van der Waals surface area (Å²) < 4.78 is 27.7. The van der Waals surface area contributed by atoms with Crippen LogP contribution in [0.1, 0.15) is 50.5 Å². The van der Waals surface area contributed by atoms with Crippen LogP contribution in [0.25, 0.3) is 0 Å². The molecule has 2 fully saturated rings. The Kier molecular flexibility index (Phi) is 5.79. The van der Waals surface area contributed by atoms with Crippen LogP contribution in [0.4, 0.5) is 0 Å². The quantitative estimate of drug-likeness (QED) is 0.828. The fourth-order valence-corrected chi connectivity index (χ4v) is 5.44. The number of hydrogen-bond acceptors (Lipinski definition) is 3. The number of benzene rings is 1. The molecule has 5 nitrogen and oxygen atoms in total. The molecule has 1 atom stereocenters. The summed E-state index contributed by atoms with van der Waals surface area (Å²) in [7, 11) is -3.63. The van der Waals surface area contributed by atoms with Gasteiger partial charge in [-0.3, -0.25) is 4.79 Å². The molecule has 1 aromatic carbocycles. The summed E-state index contributed by atoms with van der Waals surface area (Å²) in [6, 6.07) is 6.36. The number of rotatable bonds is 3. The van der Waals surface area contributed by atoms with Crippen LogP contribution in [0, 0.1) is 6.92 Å². The van der Waals surface area contributed by atoms with E-state index in [2.05, 4.69) is 0 Å². The van der Waals surface area contributed by atoms with Gasteiger partial charge in [0.15, 0.2) is 0 Å². The first-order valence-electron chi connectivity index (χ1n) is 9.37. The normalized spacial score (nSPS) is 23.2. The van der Waals surface area contributed by atoms with E-state index in [4.69, 9.17) is 0 Å². The molecule has 0 saturated carbocycles. The monoisotopic (exact) mass is 364 g/mol. The average molecular weight is 365 g/mol. The average Bonchev–Trinajstić information content (AvgIpc) is 2.91. The molecule has 2 heterocycles. The summed E-state index contributed by atoms with van der Waals surface area (Å²) in [5.74, 6) is -0.00251. The molecule has 2 aliphatic heterocycles. The molecule has 2 saturated heterocycles. The molecule has 0 aromatic heterocycles. The van der Waals surface area contributed by atoms with Crippen LogP contribution < -0.4 is 0 Å². The zero-order valence-corrected chi connectivity index (χ0v) is 15.8. The topological polar surface area (TPSA) is 57.7 Å². The van der Waals surface area contributed by atoms with Gasteiger partial charge in [0.2, 0.25) is 15.9 Å².